The Morgan fingerprint density at radius 2 is 2.06 bits per heavy atom. The standard InChI is InChI=1S/C12H19N3O/c1-8(11(13)16)15-10-6-5-9(7-14-10)12(2,3)4/h5-8H,1-4H3,(H2,13,16)(H,14,15). The summed E-state index contributed by atoms with van der Waals surface area (Å²) >= 11 is 0. The first-order chi connectivity index (χ1) is 7.30. The maximum absolute atomic E-state index is 10.9. The van der Waals surface area contributed by atoms with E-state index in [9.17, 15) is 4.79 Å². The molecular weight excluding hydrogens is 202 g/mol. The lowest BCUT2D eigenvalue weighted by atomic mass is 9.88. The molecule has 0 aliphatic rings. The third kappa shape index (κ3) is 3.22. The molecule has 0 bridgehead atoms. The summed E-state index contributed by atoms with van der Waals surface area (Å²) in [6.45, 7) is 8.09. The summed E-state index contributed by atoms with van der Waals surface area (Å²) in [6, 6.07) is 3.45. The maximum Gasteiger partial charge on any atom is 0.239 e. The summed E-state index contributed by atoms with van der Waals surface area (Å²) in [5.74, 6) is 0.279. The fraction of sp³-hybridized carbons (Fsp3) is 0.500. The van der Waals surface area contributed by atoms with Crippen molar-refractivity contribution < 1.29 is 4.79 Å². The van der Waals surface area contributed by atoms with Crippen molar-refractivity contribution in [3.63, 3.8) is 0 Å². The lowest BCUT2D eigenvalue weighted by molar-refractivity contribution is -0.118. The maximum atomic E-state index is 10.9. The minimum Gasteiger partial charge on any atom is -0.368 e. The van der Waals surface area contributed by atoms with Gasteiger partial charge in [0.05, 0.1) is 0 Å². The second kappa shape index (κ2) is 4.51. The molecule has 3 N–H and O–H groups in total. The first kappa shape index (κ1) is 12.5. The number of hydrogen-bond acceptors (Lipinski definition) is 3. The van der Waals surface area contributed by atoms with Crippen LogP contribution in [0.2, 0.25) is 0 Å². The van der Waals surface area contributed by atoms with Gasteiger partial charge in [-0.2, -0.15) is 0 Å². The molecule has 0 aliphatic heterocycles. The molecule has 0 saturated heterocycles. The van der Waals surface area contributed by atoms with E-state index in [1.165, 1.54) is 0 Å². The van der Waals surface area contributed by atoms with Crippen molar-refractivity contribution in [1.82, 2.24) is 4.98 Å². The molecule has 1 aromatic rings. The number of rotatable bonds is 3. The molecule has 1 heterocycles. The number of nitrogens with one attached hydrogen (secondary N) is 1. The Morgan fingerprint density at radius 1 is 1.44 bits per heavy atom. The molecule has 16 heavy (non-hydrogen) atoms. The van der Waals surface area contributed by atoms with Gasteiger partial charge in [-0.15, -0.1) is 0 Å². The molecule has 0 radical (unpaired) electrons. The van der Waals surface area contributed by atoms with E-state index < -0.39 is 6.04 Å². The van der Waals surface area contributed by atoms with Gasteiger partial charge in [-0.05, 0) is 24.0 Å². The summed E-state index contributed by atoms with van der Waals surface area (Å²) in [4.78, 5) is 15.1. The molecule has 1 atom stereocenters. The summed E-state index contributed by atoms with van der Waals surface area (Å²) in [5, 5.41) is 2.93. The Kier molecular flexibility index (Phi) is 3.52. The zero-order valence-corrected chi connectivity index (χ0v) is 10.2. The highest BCUT2D eigenvalue weighted by molar-refractivity contribution is 5.82. The zero-order valence-electron chi connectivity index (χ0n) is 10.2. The molecule has 1 amide bonds. The quantitative estimate of drug-likeness (QED) is 0.815. The number of pyridine rings is 1. The van der Waals surface area contributed by atoms with E-state index >= 15 is 0 Å². The average Bonchev–Trinajstić information content (AvgIpc) is 2.17. The predicted octanol–water partition coefficient (Wildman–Crippen LogP) is 1.66. The van der Waals surface area contributed by atoms with Crippen LogP contribution in [0, 0.1) is 0 Å². The van der Waals surface area contributed by atoms with E-state index in [-0.39, 0.29) is 11.3 Å². The molecule has 0 spiro atoms. The molecule has 0 fully saturated rings. The monoisotopic (exact) mass is 221 g/mol. The van der Waals surface area contributed by atoms with Gasteiger partial charge < -0.3 is 11.1 Å². The Labute approximate surface area is 96.3 Å². The number of carbonyl (C=O) groups excluding carboxylic acids is 1. The van der Waals surface area contributed by atoms with E-state index in [0.29, 0.717) is 5.82 Å². The highest BCUT2D eigenvalue weighted by Gasteiger charge is 2.14. The highest BCUT2D eigenvalue weighted by Crippen LogP contribution is 2.21. The Morgan fingerprint density at radius 3 is 2.44 bits per heavy atom. The average molecular weight is 221 g/mol. The van der Waals surface area contributed by atoms with Crippen molar-refractivity contribution >= 4 is 11.7 Å². The summed E-state index contributed by atoms with van der Waals surface area (Å²) < 4.78 is 0. The van der Waals surface area contributed by atoms with Gasteiger partial charge >= 0.3 is 0 Å². The van der Waals surface area contributed by atoms with Crippen LogP contribution in [0.25, 0.3) is 0 Å². The van der Waals surface area contributed by atoms with Crippen LogP contribution in [0.3, 0.4) is 0 Å². The topological polar surface area (TPSA) is 68.0 Å². The Bertz CT molecular complexity index is 365. The fourth-order valence-electron chi connectivity index (χ4n) is 1.22. The first-order valence-corrected chi connectivity index (χ1v) is 5.33. The summed E-state index contributed by atoms with van der Waals surface area (Å²) in [5.41, 5.74) is 6.40. The molecule has 0 saturated carbocycles. The molecule has 1 rings (SSSR count). The number of nitrogens with zero attached hydrogens (tertiary/aromatic N) is 1. The lowest BCUT2D eigenvalue weighted by Crippen LogP contribution is -2.32. The number of aromatic nitrogens is 1. The van der Waals surface area contributed by atoms with Crippen molar-refractivity contribution in [2.45, 2.75) is 39.2 Å². The van der Waals surface area contributed by atoms with Crippen LogP contribution >= 0.6 is 0 Å². The van der Waals surface area contributed by atoms with E-state index in [1.807, 2.05) is 18.3 Å². The van der Waals surface area contributed by atoms with Gasteiger partial charge in [0, 0.05) is 6.20 Å². The van der Waals surface area contributed by atoms with Crippen molar-refractivity contribution in [2.24, 2.45) is 5.73 Å². The van der Waals surface area contributed by atoms with Gasteiger partial charge in [0.1, 0.15) is 11.9 Å². The van der Waals surface area contributed by atoms with Gasteiger partial charge in [-0.25, -0.2) is 4.98 Å². The fourth-order valence-corrected chi connectivity index (χ4v) is 1.22. The van der Waals surface area contributed by atoms with Gasteiger partial charge in [-0.1, -0.05) is 26.8 Å². The summed E-state index contributed by atoms with van der Waals surface area (Å²) in [7, 11) is 0. The van der Waals surface area contributed by atoms with E-state index in [0.717, 1.165) is 5.56 Å². The largest absolute Gasteiger partial charge is 0.368 e. The number of anilines is 1. The molecular formula is C12H19N3O. The number of amides is 1. The van der Waals surface area contributed by atoms with Crippen molar-refractivity contribution in [2.75, 3.05) is 5.32 Å². The summed E-state index contributed by atoms with van der Waals surface area (Å²) in [6.07, 6.45) is 1.82. The van der Waals surface area contributed by atoms with Crippen LogP contribution in [-0.2, 0) is 10.2 Å². The third-order valence-electron chi connectivity index (χ3n) is 2.42. The van der Waals surface area contributed by atoms with Gasteiger partial charge in [-0.3, -0.25) is 4.79 Å². The minimum atomic E-state index is -0.409. The molecule has 4 heteroatoms. The number of primary amides is 1. The minimum absolute atomic E-state index is 0.0842. The van der Waals surface area contributed by atoms with Gasteiger partial charge in [0.25, 0.3) is 0 Å². The number of carbonyl (C=O) groups is 1. The van der Waals surface area contributed by atoms with Crippen LogP contribution in [0.1, 0.15) is 33.3 Å². The smallest absolute Gasteiger partial charge is 0.239 e. The molecule has 0 aromatic carbocycles. The van der Waals surface area contributed by atoms with Crippen LogP contribution in [0.4, 0.5) is 5.82 Å². The molecule has 1 unspecified atom stereocenters. The van der Waals surface area contributed by atoms with E-state index in [1.54, 1.807) is 6.92 Å². The molecule has 4 nitrogen and oxygen atoms in total. The lowest BCUT2D eigenvalue weighted by Gasteiger charge is -2.19. The van der Waals surface area contributed by atoms with Crippen molar-refractivity contribution in [3.8, 4) is 0 Å². The predicted molar refractivity (Wildman–Crippen MR) is 65.2 cm³/mol. The van der Waals surface area contributed by atoms with Crippen LogP contribution in [0.5, 0.6) is 0 Å². The van der Waals surface area contributed by atoms with Crippen LogP contribution < -0.4 is 11.1 Å². The zero-order chi connectivity index (χ0) is 12.3. The Balaban J connectivity index is 2.76. The van der Waals surface area contributed by atoms with Crippen molar-refractivity contribution in [3.05, 3.63) is 23.9 Å². The Hall–Kier alpha value is -1.58. The number of nitrogens with two attached hydrogens (primary N) is 1. The molecule has 0 aliphatic carbocycles. The highest BCUT2D eigenvalue weighted by atomic mass is 16.1. The first-order valence-electron chi connectivity index (χ1n) is 5.33. The molecule has 88 valence electrons. The second-order valence-corrected chi connectivity index (χ2v) is 4.95. The van der Waals surface area contributed by atoms with Gasteiger partial charge in [0.2, 0.25) is 5.91 Å². The number of hydrogen-bond donors (Lipinski definition) is 2. The SMILES string of the molecule is CC(Nc1ccc(C(C)(C)C)cn1)C(N)=O. The van der Waals surface area contributed by atoms with Crippen molar-refractivity contribution in [1.29, 1.82) is 0 Å². The third-order valence-corrected chi connectivity index (χ3v) is 2.42. The van der Waals surface area contributed by atoms with Crippen LogP contribution in [0.15, 0.2) is 18.3 Å². The van der Waals surface area contributed by atoms with E-state index in [2.05, 4.69) is 31.1 Å². The normalized spacial score (nSPS) is 13.2. The second-order valence-electron chi connectivity index (χ2n) is 4.95. The van der Waals surface area contributed by atoms with Crippen LogP contribution in [-0.4, -0.2) is 16.9 Å². The van der Waals surface area contributed by atoms with Gasteiger partial charge in [0.15, 0.2) is 0 Å². The van der Waals surface area contributed by atoms with E-state index in [4.69, 9.17) is 5.73 Å². The molecule has 1 aromatic heterocycles.